The number of rotatable bonds is 3. The lowest BCUT2D eigenvalue weighted by molar-refractivity contribution is 0.437. The minimum absolute atomic E-state index is 0. The molecule has 0 aromatic carbocycles. The highest BCUT2D eigenvalue weighted by atomic mass is 35.5. The number of hydrogen-bond acceptors (Lipinski definition) is 5. The fourth-order valence-electron chi connectivity index (χ4n) is 1.15. The van der Waals surface area contributed by atoms with Crippen LogP contribution in [0.5, 0.6) is 0 Å². The van der Waals surface area contributed by atoms with Crippen molar-refractivity contribution >= 4 is 34.3 Å². The zero-order valence-electron chi connectivity index (χ0n) is 6.89. The van der Waals surface area contributed by atoms with Crippen LogP contribution in [0.2, 0.25) is 0 Å². The van der Waals surface area contributed by atoms with Crippen LogP contribution in [0.4, 0.5) is 0 Å². The zero-order chi connectivity index (χ0) is 9.24. The Morgan fingerprint density at radius 1 is 1.62 bits per heavy atom. The molecular weight excluding hydrogens is 236 g/mol. The molecule has 5 nitrogen and oxygen atoms in total. The van der Waals surface area contributed by atoms with Gasteiger partial charge in [-0.05, 0) is 6.54 Å². The second-order valence-corrected chi connectivity index (χ2v) is 5.84. The van der Waals surface area contributed by atoms with Crippen LogP contribution in [0.1, 0.15) is 6.42 Å². The van der Waals surface area contributed by atoms with E-state index in [1.165, 1.54) is 11.8 Å². The number of halogens is 1. The van der Waals surface area contributed by atoms with Crippen LogP contribution in [0.15, 0.2) is 0 Å². The van der Waals surface area contributed by atoms with Gasteiger partial charge in [0.15, 0.2) is 4.20 Å². The van der Waals surface area contributed by atoms with Crippen LogP contribution in [-0.2, 0) is 10.1 Å². The Bertz CT molecular complexity index is 251. The van der Waals surface area contributed by atoms with Crippen LogP contribution in [-0.4, -0.2) is 36.0 Å². The maximum atomic E-state index is 11.0. The van der Waals surface area contributed by atoms with Crippen molar-refractivity contribution in [1.29, 1.82) is 0 Å². The molecule has 80 valence electrons. The van der Waals surface area contributed by atoms with Crippen LogP contribution < -0.4 is 11.1 Å². The predicted molar refractivity (Wildman–Crippen MR) is 55.7 cm³/mol. The Balaban J connectivity index is 0.00000144. The van der Waals surface area contributed by atoms with Gasteiger partial charge in [0.2, 0.25) is 0 Å². The lowest BCUT2D eigenvalue weighted by Gasteiger charge is -2.23. The van der Waals surface area contributed by atoms with E-state index in [0.29, 0.717) is 12.3 Å². The molecule has 4 N–H and O–H groups in total. The Morgan fingerprint density at radius 2 is 2.23 bits per heavy atom. The van der Waals surface area contributed by atoms with E-state index in [9.17, 15) is 8.42 Å². The molecule has 1 saturated heterocycles. The first-order valence-electron chi connectivity index (χ1n) is 3.58. The summed E-state index contributed by atoms with van der Waals surface area (Å²) >= 11 is 1.19. The number of thioether (sulfide) groups is 1. The second kappa shape index (κ2) is 4.81. The highest BCUT2D eigenvalue weighted by molar-refractivity contribution is 8.13. The van der Waals surface area contributed by atoms with Gasteiger partial charge in [0.25, 0.3) is 10.1 Å². The highest BCUT2D eigenvalue weighted by Gasteiger charge is 2.45. The largest absolute Gasteiger partial charge is 0.330 e. The molecule has 1 aliphatic rings. The molecule has 1 atom stereocenters. The third-order valence-electron chi connectivity index (χ3n) is 1.72. The van der Waals surface area contributed by atoms with Gasteiger partial charge < -0.3 is 5.73 Å². The fourth-order valence-corrected chi connectivity index (χ4v) is 3.66. The zero-order valence-corrected chi connectivity index (χ0v) is 9.34. The predicted octanol–water partition coefficient (Wildman–Crippen LogP) is -0.365. The standard InChI is InChI=1S/C5H12N2O3S2.ClH/c6-2-1-5(12(8,9)10)7-3-4-11-5;/h7H,1-4,6H2,(H,8,9,10);1H. The van der Waals surface area contributed by atoms with Crippen LogP contribution in [0, 0.1) is 0 Å². The Labute approximate surface area is 88.0 Å². The summed E-state index contributed by atoms with van der Waals surface area (Å²) in [6.45, 7) is 0.824. The average molecular weight is 249 g/mol. The van der Waals surface area contributed by atoms with Crippen molar-refractivity contribution in [2.45, 2.75) is 10.6 Å². The van der Waals surface area contributed by atoms with Crippen molar-refractivity contribution < 1.29 is 13.0 Å². The van der Waals surface area contributed by atoms with E-state index in [2.05, 4.69) is 5.32 Å². The smallest absolute Gasteiger partial charge is 0.293 e. The van der Waals surface area contributed by atoms with E-state index in [4.69, 9.17) is 10.3 Å². The molecule has 1 unspecified atom stereocenters. The van der Waals surface area contributed by atoms with E-state index in [1.807, 2.05) is 0 Å². The lowest BCUT2D eigenvalue weighted by atomic mass is 10.4. The van der Waals surface area contributed by atoms with Crippen LogP contribution >= 0.6 is 24.2 Å². The van der Waals surface area contributed by atoms with Crippen molar-refractivity contribution in [2.75, 3.05) is 18.8 Å². The first-order valence-corrected chi connectivity index (χ1v) is 6.00. The van der Waals surface area contributed by atoms with Crippen molar-refractivity contribution in [3.05, 3.63) is 0 Å². The topological polar surface area (TPSA) is 92.4 Å². The van der Waals surface area contributed by atoms with E-state index in [1.54, 1.807) is 0 Å². The Morgan fingerprint density at radius 3 is 2.54 bits per heavy atom. The number of nitrogens with two attached hydrogens (primary N) is 1. The van der Waals surface area contributed by atoms with Crippen molar-refractivity contribution in [3.8, 4) is 0 Å². The van der Waals surface area contributed by atoms with Crippen molar-refractivity contribution in [1.82, 2.24) is 5.32 Å². The molecule has 0 spiro atoms. The lowest BCUT2D eigenvalue weighted by Crippen LogP contribution is -2.46. The van der Waals surface area contributed by atoms with Gasteiger partial charge in [-0.2, -0.15) is 8.42 Å². The van der Waals surface area contributed by atoms with Gasteiger partial charge in [-0.15, -0.1) is 24.2 Å². The molecule has 1 fully saturated rings. The molecule has 0 aromatic heterocycles. The van der Waals surface area contributed by atoms with E-state index < -0.39 is 14.3 Å². The third-order valence-corrected chi connectivity index (χ3v) is 5.11. The average Bonchev–Trinajstić information content (AvgIpc) is 2.36. The van der Waals surface area contributed by atoms with Gasteiger partial charge >= 0.3 is 0 Å². The van der Waals surface area contributed by atoms with Crippen molar-refractivity contribution in [2.24, 2.45) is 5.73 Å². The molecule has 0 bridgehead atoms. The number of nitrogens with one attached hydrogen (secondary N) is 1. The summed E-state index contributed by atoms with van der Waals surface area (Å²) in [6, 6.07) is 0. The number of hydrogen-bond donors (Lipinski definition) is 3. The minimum atomic E-state index is -4.05. The van der Waals surface area contributed by atoms with E-state index >= 15 is 0 Å². The monoisotopic (exact) mass is 248 g/mol. The quantitative estimate of drug-likeness (QED) is 0.591. The Kier molecular flexibility index (Phi) is 4.98. The van der Waals surface area contributed by atoms with Crippen LogP contribution in [0.3, 0.4) is 0 Å². The molecular formula is C5H13ClN2O3S2. The summed E-state index contributed by atoms with van der Waals surface area (Å²) in [4.78, 5) is 0. The maximum absolute atomic E-state index is 11.0. The molecule has 0 amide bonds. The third kappa shape index (κ3) is 2.71. The van der Waals surface area contributed by atoms with Crippen LogP contribution in [0.25, 0.3) is 0 Å². The summed E-state index contributed by atoms with van der Waals surface area (Å²) in [5, 5.41) is 2.76. The molecule has 13 heavy (non-hydrogen) atoms. The molecule has 0 saturated carbocycles. The van der Waals surface area contributed by atoms with Gasteiger partial charge in [-0.25, -0.2) is 0 Å². The second-order valence-electron chi connectivity index (χ2n) is 2.54. The minimum Gasteiger partial charge on any atom is -0.330 e. The van der Waals surface area contributed by atoms with E-state index in [0.717, 1.165) is 0 Å². The SMILES string of the molecule is Cl.NCCC1(S(=O)(=O)O)NCCS1. The van der Waals surface area contributed by atoms with Gasteiger partial charge in [0.1, 0.15) is 0 Å². The van der Waals surface area contributed by atoms with Crippen molar-refractivity contribution in [3.63, 3.8) is 0 Å². The highest BCUT2D eigenvalue weighted by Crippen LogP contribution is 2.34. The molecule has 0 radical (unpaired) electrons. The normalized spacial score (nSPS) is 28.5. The molecule has 0 aliphatic carbocycles. The molecule has 1 aliphatic heterocycles. The van der Waals surface area contributed by atoms with Gasteiger partial charge in [-0.1, -0.05) is 0 Å². The molecule has 1 rings (SSSR count). The molecule has 1 heterocycles. The Hall–Kier alpha value is 0.470. The molecule has 8 heteroatoms. The summed E-state index contributed by atoms with van der Waals surface area (Å²) in [7, 11) is -4.05. The summed E-state index contributed by atoms with van der Waals surface area (Å²) < 4.78 is 29.6. The fraction of sp³-hybridized carbons (Fsp3) is 1.00. The summed E-state index contributed by atoms with van der Waals surface area (Å²) in [6.07, 6.45) is 0.233. The van der Waals surface area contributed by atoms with Gasteiger partial charge in [0.05, 0.1) is 0 Å². The van der Waals surface area contributed by atoms with Gasteiger partial charge in [0, 0.05) is 18.7 Å². The molecule has 0 aromatic rings. The summed E-state index contributed by atoms with van der Waals surface area (Å²) in [5.74, 6) is 0.680. The van der Waals surface area contributed by atoms with E-state index in [-0.39, 0.29) is 25.4 Å². The maximum Gasteiger partial charge on any atom is 0.293 e. The van der Waals surface area contributed by atoms with Gasteiger partial charge in [-0.3, -0.25) is 9.87 Å². The first-order chi connectivity index (χ1) is 5.52. The summed E-state index contributed by atoms with van der Waals surface area (Å²) in [5.41, 5.74) is 5.26. The first kappa shape index (κ1) is 13.5.